The first-order valence-electron chi connectivity index (χ1n) is 7.38. The van der Waals surface area contributed by atoms with Crippen molar-refractivity contribution in [2.75, 3.05) is 26.9 Å². The lowest BCUT2D eigenvalue weighted by Gasteiger charge is -2.17. The first-order valence-corrected chi connectivity index (χ1v) is 9.74. The van der Waals surface area contributed by atoms with Crippen LogP contribution in [0.4, 0.5) is 0 Å². The SMILES string of the molecule is COc1ccc(S(=O)(=O)NC[C@@H](OCCO)c2cccs2)c(C)c1. The van der Waals surface area contributed by atoms with Crippen molar-refractivity contribution in [3.8, 4) is 5.75 Å². The highest BCUT2D eigenvalue weighted by Gasteiger charge is 2.21. The van der Waals surface area contributed by atoms with E-state index in [1.165, 1.54) is 24.5 Å². The third-order valence-corrected chi connectivity index (χ3v) is 5.95. The predicted octanol–water partition coefficient (Wildman–Crippen LogP) is 2.09. The Labute approximate surface area is 146 Å². The molecule has 24 heavy (non-hydrogen) atoms. The van der Waals surface area contributed by atoms with Crippen LogP contribution in [0.1, 0.15) is 16.5 Å². The first kappa shape index (κ1) is 18.9. The van der Waals surface area contributed by atoms with Crippen LogP contribution in [0.25, 0.3) is 0 Å². The molecule has 0 radical (unpaired) electrons. The van der Waals surface area contributed by atoms with Gasteiger partial charge in [0.15, 0.2) is 0 Å². The van der Waals surface area contributed by atoms with E-state index < -0.39 is 16.1 Å². The number of nitrogens with one attached hydrogen (secondary N) is 1. The summed E-state index contributed by atoms with van der Waals surface area (Å²) in [5.41, 5.74) is 0.603. The van der Waals surface area contributed by atoms with Gasteiger partial charge >= 0.3 is 0 Å². The van der Waals surface area contributed by atoms with Gasteiger partial charge in [0.25, 0.3) is 0 Å². The number of sulfonamides is 1. The average molecular weight is 371 g/mol. The second-order valence-electron chi connectivity index (χ2n) is 5.08. The summed E-state index contributed by atoms with van der Waals surface area (Å²) in [5, 5.41) is 10.8. The zero-order chi connectivity index (χ0) is 17.6. The summed E-state index contributed by atoms with van der Waals surface area (Å²) in [6.07, 6.45) is -0.439. The maximum absolute atomic E-state index is 12.5. The highest BCUT2D eigenvalue weighted by molar-refractivity contribution is 7.89. The molecule has 0 bridgehead atoms. The van der Waals surface area contributed by atoms with E-state index in [-0.39, 0.29) is 24.7 Å². The number of benzene rings is 1. The monoisotopic (exact) mass is 371 g/mol. The number of thiophene rings is 1. The van der Waals surface area contributed by atoms with Gasteiger partial charge in [-0.15, -0.1) is 11.3 Å². The molecule has 1 aromatic carbocycles. The molecule has 2 N–H and O–H groups in total. The minimum absolute atomic E-state index is 0.0916. The van der Waals surface area contributed by atoms with E-state index in [2.05, 4.69) is 4.72 Å². The average Bonchev–Trinajstić information content (AvgIpc) is 3.08. The maximum atomic E-state index is 12.5. The molecule has 132 valence electrons. The van der Waals surface area contributed by atoms with Crippen LogP contribution in [0.2, 0.25) is 0 Å². The second kappa shape index (κ2) is 8.59. The number of rotatable bonds is 9. The molecule has 8 heteroatoms. The summed E-state index contributed by atoms with van der Waals surface area (Å²) in [6, 6.07) is 8.55. The summed E-state index contributed by atoms with van der Waals surface area (Å²) in [5.74, 6) is 0.606. The van der Waals surface area contributed by atoms with E-state index in [0.717, 1.165) is 4.88 Å². The summed E-state index contributed by atoms with van der Waals surface area (Å²) in [6.45, 7) is 1.84. The van der Waals surface area contributed by atoms with E-state index >= 15 is 0 Å². The molecule has 0 aliphatic rings. The Kier molecular flexibility index (Phi) is 6.76. The Bertz CT molecular complexity index is 744. The highest BCUT2D eigenvalue weighted by atomic mass is 32.2. The molecule has 2 aromatic rings. The lowest BCUT2D eigenvalue weighted by atomic mass is 10.2. The fourth-order valence-corrected chi connectivity index (χ4v) is 4.26. The molecule has 0 aliphatic carbocycles. The van der Waals surface area contributed by atoms with Crippen LogP contribution >= 0.6 is 11.3 Å². The van der Waals surface area contributed by atoms with E-state index in [4.69, 9.17) is 14.6 Å². The normalized spacial score (nSPS) is 13.0. The quantitative estimate of drug-likeness (QED) is 0.705. The summed E-state index contributed by atoms with van der Waals surface area (Å²) in [7, 11) is -2.14. The van der Waals surface area contributed by atoms with Crippen molar-refractivity contribution in [1.82, 2.24) is 4.72 Å². The molecule has 0 unspecified atom stereocenters. The third kappa shape index (κ3) is 4.78. The Hall–Kier alpha value is -1.45. The summed E-state index contributed by atoms with van der Waals surface area (Å²) in [4.78, 5) is 1.10. The zero-order valence-corrected chi connectivity index (χ0v) is 15.2. The topological polar surface area (TPSA) is 84.9 Å². The molecule has 2 rings (SSSR count). The lowest BCUT2D eigenvalue weighted by molar-refractivity contribution is 0.0328. The Morgan fingerprint density at radius 1 is 1.33 bits per heavy atom. The molecular formula is C16H21NO5S2. The molecule has 0 saturated carbocycles. The molecular weight excluding hydrogens is 350 g/mol. The van der Waals surface area contributed by atoms with Crippen molar-refractivity contribution in [3.63, 3.8) is 0 Å². The molecule has 1 aromatic heterocycles. The van der Waals surface area contributed by atoms with Crippen LogP contribution in [-0.4, -0.2) is 40.4 Å². The van der Waals surface area contributed by atoms with Crippen molar-refractivity contribution in [1.29, 1.82) is 0 Å². The minimum atomic E-state index is -3.67. The van der Waals surface area contributed by atoms with E-state index in [9.17, 15) is 8.42 Å². The summed E-state index contributed by atoms with van der Waals surface area (Å²) >= 11 is 1.48. The van der Waals surface area contributed by atoms with Crippen molar-refractivity contribution >= 4 is 21.4 Å². The van der Waals surface area contributed by atoms with Crippen LogP contribution in [0, 0.1) is 6.92 Å². The standard InChI is InChI=1S/C16H21NO5S2/c1-12-10-13(21-2)5-6-16(12)24(19,20)17-11-14(22-8-7-18)15-4-3-9-23-15/h3-6,9-10,14,17-18H,7-8,11H2,1-2H3/t14-/m1/s1. The van der Waals surface area contributed by atoms with Gasteiger partial charge in [-0.05, 0) is 42.1 Å². The van der Waals surface area contributed by atoms with Gasteiger partial charge < -0.3 is 14.6 Å². The van der Waals surface area contributed by atoms with Crippen LogP contribution in [-0.2, 0) is 14.8 Å². The van der Waals surface area contributed by atoms with Crippen LogP contribution < -0.4 is 9.46 Å². The van der Waals surface area contributed by atoms with Gasteiger partial charge in [0.1, 0.15) is 11.9 Å². The molecule has 0 aliphatic heterocycles. The Morgan fingerprint density at radius 2 is 2.12 bits per heavy atom. The van der Waals surface area contributed by atoms with E-state index in [1.807, 2.05) is 17.5 Å². The highest BCUT2D eigenvalue weighted by Crippen LogP contribution is 2.24. The first-order chi connectivity index (χ1) is 11.5. The van der Waals surface area contributed by atoms with Gasteiger partial charge in [-0.1, -0.05) is 6.07 Å². The fraction of sp³-hybridized carbons (Fsp3) is 0.375. The zero-order valence-electron chi connectivity index (χ0n) is 13.6. The number of methoxy groups -OCH3 is 1. The predicted molar refractivity (Wildman–Crippen MR) is 93.0 cm³/mol. The van der Waals surface area contributed by atoms with Crippen LogP contribution in [0.5, 0.6) is 5.75 Å². The van der Waals surface area contributed by atoms with E-state index in [1.54, 1.807) is 19.1 Å². The van der Waals surface area contributed by atoms with Gasteiger partial charge in [-0.2, -0.15) is 0 Å². The number of hydrogen-bond donors (Lipinski definition) is 2. The molecule has 0 amide bonds. The van der Waals surface area contributed by atoms with Gasteiger partial charge in [-0.25, -0.2) is 13.1 Å². The Morgan fingerprint density at radius 3 is 2.71 bits per heavy atom. The number of aryl methyl sites for hydroxylation is 1. The molecule has 6 nitrogen and oxygen atoms in total. The second-order valence-corrected chi connectivity index (χ2v) is 7.80. The van der Waals surface area contributed by atoms with Crippen molar-refractivity contribution < 1.29 is 23.0 Å². The smallest absolute Gasteiger partial charge is 0.240 e. The lowest BCUT2D eigenvalue weighted by Crippen LogP contribution is -2.30. The fourth-order valence-electron chi connectivity index (χ4n) is 2.22. The van der Waals surface area contributed by atoms with Crippen molar-refractivity contribution in [2.24, 2.45) is 0 Å². The molecule has 0 fully saturated rings. The largest absolute Gasteiger partial charge is 0.497 e. The van der Waals surface area contributed by atoms with E-state index in [0.29, 0.717) is 11.3 Å². The number of ether oxygens (including phenoxy) is 2. The van der Waals surface area contributed by atoms with Crippen LogP contribution in [0.15, 0.2) is 40.6 Å². The van der Waals surface area contributed by atoms with Crippen molar-refractivity contribution in [2.45, 2.75) is 17.9 Å². The van der Waals surface area contributed by atoms with Gasteiger partial charge in [-0.3, -0.25) is 0 Å². The molecule has 1 heterocycles. The minimum Gasteiger partial charge on any atom is -0.497 e. The van der Waals surface area contributed by atoms with Gasteiger partial charge in [0.05, 0.1) is 25.2 Å². The van der Waals surface area contributed by atoms with Crippen molar-refractivity contribution in [3.05, 3.63) is 46.2 Å². The van der Waals surface area contributed by atoms with Gasteiger partial charge in [0.2, 0.25) is 10.0 Å². The number of aliphatic hydroxyl groups excluding tert-OH is 1. The number of hydrogen-bond acceptors (Lipinski definition) is 6. The Balaban J connectivity index is 2.12. The maximum Gasteiger partial charge on any atom is 0.240 e. The van der Waals surface area contributed by atoms with Gasteiger partial charge in [0, 0.05) is 11.4 Å². The molecule has 0 spiro atoms. The number of aliphatic hydroxyl groups is 1. The molecule has 1 atom stereocenters. The summed E-state index contributed by atoms with van der Waals surface area (Å²) < 4.78 is 38.3. The third-order valence-electron chi connectivity index (χ3n) is 3.40. The molecule has 0 saturated heterocycles. The van der Waals surface area contributed by atoms with Crippen LogP contribution in [0.3, 0.4) is 0 Å².